The second-order valence-electron chi connectivity index (χ2n) is 4.52. The first-order valence-corrected chi connectivity index (χ1v) is 6.78. The minimum Gasteiger partial charge on any atom is -0.384 e. The van der Waals surface area contributed by atoms with E-state index < -0.39 is 0 Å². The molecule has 0 spiro atoms. The number of rotatable bonds is 6. The van der Waals surface area contributed by atoms with Crippen LogP contribution in [0.2, 0.25) is 0 Å². The number of halogens is 1. The van der Waals surface area contributed by atoms with Gasteiger partial charge in [-0.2, -0.15) is 0 Å². The minimum absolute atomic E-state index is 0.685. The third-order valence-electron chi connectivity index (χ3n) is 3.07. The smallest absolute Gasteiger partial charge is 0.0351 e. The lowest BCUT2D eigenvalue weighted by Gasteiger charge is -2.13. The Kier molecular flexibility index (Phi) is 4.24. The van der Waals surface area contributed by atoms with Gasteiger partial charge in [-0.1, -0.05) is 22.0 Å². The van der Waals surface area contributed by atoms with Gasteiger partial charge < -0.3 is 10.6 Å². The molecule has 2 nitrogen and oxygen atoms in total. The summed E-state index contributed by atoms with van der Waals surface area (Å²) in [6.07, 6.45) is 2.82. The molecule has 16 heavy (non-hydrogen) atoms. The van der Waals surface area contributed by atoms with Gasteiger partial charge in [-0.3, -0.25) is 0 Å². The minimum atomic E-state index is 0.685. The fraction of sp³-hybridized carbons (Fsp3) is 0.538. The average Bonchev–Trinajstić information content (AvgIpc) is 3.08. The summed E-state index contributed by atoms with van der Waals surface area (Å²) < 4.78 is 1.12. The number of anilines is 1. The van der Waals surface area contributed by atoms with Gasteiger partial charge in [-0.15, -0.1) is 0 Å². The molecule has 1 aliphatic carbocycles. The predicted molar refractivity (Wildman–Crippen MR) is 72.8 cm³/mol. The van der Waals surface area contributed by atoms with Gasteiger partial charge in [0.2, 0.25) is 0 Å². The van der Waals surface area contributed by atoms with Gasteiger partial charge in [-0.25, -0.2) is 0 Å². The van der Waals surface area contributed by atoms with E-state index in [0.717, 1.165) is 23.5 Å². The van der Waals surface area contributed by atoms with Crippen LogP contribution in [-0.4, -0.2) is 19.1 Å². The lowest BCUT2D eigenvalue weighted by Crippen LogP contribution is -2.32. The molecule has 1 aromatic carbocycles. The Bertz CT molecular complexity index is 336. The molecule has 2 rings (SSSR count). The molecular weight excluding hydrogens is 264 g/mol. The summed E-state index contributed by atoms with van der Waals surface area (Å²) in [4.78, 5) is 0. The van der Waals surface area contributed by atoms with Crippen LogP contribution in [0.5, 0.6) is 0 Å². The van der Waals surface area contributed by atoms with Crippen LogP contribution in [0.25, 0.3) is 0 Å². The molecular formula is C13H19BrN2. The van der Waals surface area contributed by atoms with Gasteiger partial charge in [0, 0.05) is 29.3 Å². The highest BCUT2D eigenvalue weighted by atomic mass is 79.9. The van der Waals surface area contributed by atoms with Crippen molar-refractivity contribution in [2.75, 3.05) is 18.4 Å². The molecule has 0 bridgehead atoms. The largest absolute Gasteiger partial charge is 0.384 e. The van der Waals surface area contributed by atoms with E-state index in [4.69, 9.17) is 0 Å². The standard InChI is InChI=1S/C13H19BrN2/c1-10(11-5-6-11)15-7-8-16-13-4-2-3-12(14)9-13/h2-4,9-11,15-16H,5-8H2,1H3. The van der Waals surface area contributed by atoms with E-state index in [1.807, 2.05) is 12.1 Å². The van der Waals surface area contributed by atoms with Crippen molar-refractivity contribution >= 4 is 21.6 Å². The highest BCUT2D eigenvalue weighted by molar-refractivity contribution is 9.10. The quantitative estimate of drug-likeness (QED) is 0.783. The van der Waals surface area contributed by atoms with Gasteiger partial charge in [0.15, 0.2) is 0 Å². The lowest BCUT2D eigenvalue weighted by molar-refractivity contribution is 0.507. The SMILES string of the molecule is CC(NCCNc1cccc(Br)c1)C1CC1. The summed E-state index contributed by atoms with van der Waals surface area (Å²) >= 11 is 3.47. The van der Waals surface area contributed by atoms with E-state index in [2.05, 4.69) is 45.6 Å². The number of hydrogen-bond donors (Lipinski definition) is 2. The molecule has 2 N–H and O–H groups in total. The van der Waals surface area contributed by atoms with Crippen LogP contribution in [0.15, 0.2) is 28.7 Å². The summed E-state index contributed by atoms with van der Waals surface area (Å²) in [7, 11) is 0. The maximum Gasteiger partial charge on any atom is 0.0351 e. The first kappa shape index (κ1) is 11.9. The van der Waals surface area contributed by atoms with E-state index in [0.29, 0.717) is 6.04 Å². The molecule has 1 saturated carbocycles. The Hall–Kier alpha value is -0.540. The van der Waals surface area contributed by atoms with Crippen LogP contribution < -0.4 is 10.6 Å². The summed E-state index contributed by atoms with van der Waals surface area (Å²) in [5, 5.41) is 6.96. The number of nitrogens with one attached hydrogen (secondary N) is 2. The molecule has 0 aliphatic heterocycles. The fourth-order valence-electron chi connectivity index (χ4n) is 1.87. The molecule has 0 heterocycles. The van der Waals surface area contributed by atoms with Crippen LogP contribution in [-0.2, 0) is 0 Å². The number of hydrogen-bond acceptors (Lipinski definition) is 2. The summed E-state index contributed by atoms with van der Waals surface area (Å²) in [5.74, 6) is 0.936. The van der Waals surface area contributed by atoms with E-state index in [9.17, 15) is 0 Å². The highest BCUT2D eigenvalue weighted by Crippen LogP contribution is 2.32. The van der Waals surface area contributed by atoms with Crippen LogP contribution in [0.3, 0.4) is 0 Å². The second-order valence-corrected chi connectivity index (χ2v) is 5.43. The summed E-state index contributed by atoms with van der Waals surface area (Å²) in [5.41, 5.74) is 1.18. The van der Waals surface area contributed by atoms with Crippen LogP contribution in [0, 0.1) is 5.92 Å². The Labute approximate surface area is 106 Å². The van der Waals surface area contributed by atoms with Gasteiger partial charge in [-0.05, 0) is 43.9 Å². The predicted octanol–water partition coefficient (Wildman–Crippen LogP) is 3.25. The summed E-state index contributed by atoms with van der Waals surface area (Å²) in [6.45, 7) is 4.30. The zero-order chi connectivity index (χ0) is 11.4. The first-order valence-electron chi connectivity index (χ1n) is 5.98. The molecule has 1 aromatic rings. The first-order chi connectivity index (χ1) is 7.75. The van der Waals surface area contributed by atoms with Gasteiger partial charge >= 0.3 is 0 Å². The van der Waals surface area contributed by atoms with E-state index in [1.54, 1.807) is 0 Å². The zero-order valence-electron chi connectivity index (χ0n) is 9.67. The van der Waals surface area contributed by atoms with Crippen LogP contribution >= 0.6 is 15.9 Å². The van der Waals surface area contributed by atoms with E-state index in [1.165, 1.54) is 18.5 Å². The monoisotopic (exact) mass is 282 g/mol. The molecule has 3 heteroatoms. The van der Waals surface area contributed by atoms with Crippen LogP contribution in [0.1, 0.15) is 19.8 Å². The molecule has 1 unspecified atom stereocenters. The van der Waals surface area contributed by atoms with Crippen molar-refractivity contribution in [2.45, 2.75) is 25.8 Å². The molecule has 1 aliphatic rings. The maximum atomic E-state index is 3.56. The summed E-state index contributed by atoms with van der Waals surface area (Å²) in [6, 6.07) is 8.97. The highest BCUT2D eigenvalue weighted by Gasteiger charge is 2.26. The third-order valence-corrected chi connectivity index (χ3v) is 3.57. The van der Waals surface area contributed by atoms with Crippen molar-refractivity contribution in [1.29, 1.82) is 0 Å². The third kappa shape index (κ3) is 3.80. The van der Waals surface area contributed by atoms with Crippen molar-refractivity contribution < 1.29 is 0 Å². The van der Waals surface area contributed by atoms with Crippen molar-refractivity contribution in [3.05, 3.63) is 28.7 Å². The molecule has 0 aromatic heterocycles. The van der Waals surface area contributed by atoms with Crippen molar-refractivity contribution in [1.82, 2.24) is 5.32 Å². The van der Waals surface area contributed by atoms with Gasteiger partial charge in [0.25, 0.3) is 0 Å². The molecule has 88 valence electrons. The fourth-order valence-corrected chi connectivity index (χ4v) is 2.27. The number of benzene rings is 1. The Morgan fingerprint density at radius 2 is 2.19 bits per heavy atom. The van der Waals surface area contributed by atoms with Crippen molar-refractivity contribution in [3.63, 3.8) is 0 Å². The average molecular weight is 283 g/mol. The van der Waals surface area contributed by atoms with Gasteiger partial charge in [0.1, 0.15) is 0 Å². The van der Waals surface area contributed by atoms with Crippen molar-refractivity contribution in [3.8, 4) is 0 Å². The Balaban J connectivity index is 1.63. The lowest BCUT2D eigenvalue weighted by atomic mass is 10.2. The Morgan fingerprint density at radius 1 is 1.38 bits per heavy atom. The molecule has 1 atom stereocenters. The van der Waals surface area contributed by atoms with E-state index in [-0.39, 0.29) is 0 Å². The maximum absolute atomic E-state index is 3.56. The molecule has 0 saturated heterocycles. The molecule has 0 amide bonds. The van der Waals surface area contributed by atoms with E-state index >= 15 is 0 Å². The molecule has 1 fully saturated rings. The van der Waals surface area contributed by atoms with Crippen LogP contribution in [0.4, 0.5) is 5.69 Å². The Morgan fingerprint density at radius 3 is 2.88 bits per heavy atom. The topological polar surface area (TPSA) is 24.1 Å². The normalized spacial score (nSPS) is 17.1. The second kappa shape index (κ2) is 5.69. The molecule has 0 radical (unpaired) electrons. The van der Waals surface area contributed by atoms with Crippen molar-refractivity contribution in [2.24, 2.45) is 5.92 Å². The van der Waals surface area contributed by atoms with Gasteiger partial charge in [0.05, 0.1) is 0 Å². The zero-order valence-corrected chi connectivity index (χ0v) is 11.3.